The largest absolute Gasteiger partial charge is 0.465 e. The van der Waals surface area contributed by atoms with Gasteiger partial charge in [0.1, 0.15) is 12.1 Å². The third-order valence-electron chi connectivity index (χ3n) is 4.72. The maximum absolute atomic E-state index is 12.5. The van der Waals surface area contributed by atoms with E-state index in [9.17, 15) is 24.5 Å². The van der Waals surface area contributed by atoms with E-state index in [-0.39, 0.29) is 0 Å². The fraction of sp³-hybridized carbons (Fsp3) is 0.350. The monoisotopic (exact) mass is 446 g/mol. The first-order valence-electron chi connectivity index (χ1n) is 9.53. The number of nitro groups is 1. The molecule has 0 saturated carbocycles. The third-order valence-corrected chi connectivity index (χ3v) is 5.66. The van der Waals surface area contributed by atoms with Gasteiger partial charge in [0, 0.05) is 42.9 Å². The molecule has 0 aliphatic carbocycles. The van der Waals surface area contributed by atoms with Crippen LogP contribution in [0.4, 0.5) is 11.4 Å². The Morgan fingerprint density at radius 1 is 1.26 bits per heavy atom. The van der Waals surface area contributed by atoms with Crippen LogP contribution in [0.3, 0.4) is 0 Å². The zero-order valence-electron chi connectivity index (χ0n) is 16.9. The molecule has 1 N–H and O–H groups in total. The fourth-order valence-corrected chi connectivity index (χ4v) is 4.19. The van der Waals surface area contributed by atoms with Crippen molar-refractivity contribution in [2.45, 2.75) is 13.1 Å². The second-order valence-corrected chi connectivity index (χ2v) is 8.16. The minimum Gasteiger partial charge on any atom is -0.465 e. The van der Waals surface area contributed by atoms with Crippen molar-refractivity contribution in [3.05, 3.63) is 68.1 Å². The molecule has 0 atom stereocenters. The number of pyridine rings is 1. The summed E-state index contributed by atoms with van der Waals surface area (Å²) in [6.45, 7) is 2.31. The van der Waals surface area contributed by atoms with Crippen molar-refractivity contribution in [2.24, 2.45) is 0 Å². The molecule has 31 heavy (non-hydrogen) atoms. The zero-order chi connectivity index (χ0) is 22.4. The standard InChI is InChI=1S/C20H22N4O6S/c1-30-20(27)17-10-16(24(28)29)12-23(19(17)26)13-18(25)21-15-4-2-3-14(9-15)11-22-5-7-31-8-6-22/h2-4,9-10,12H,5-8,11,13H2,1H3,(H,21,25). The van der Waals surface area contributed by atoms with Gasteiger partial charge in [0.25, 0.3) is 11.2 Å². The highest BCUT2D eigenvalue weighted by atomic mass is 32.2. The van der Waals surface area contributed by atoms with E-state index in [0.29, 0.717) is 5.69 Å². The number of benzene rings is 1. The molecular weight excluding hydrogens is 424 g/mol. The summed E-state index contributed by atoms with van der Waals surface area (Å²) in [5, 5.41) is 13.8. The second-order valence-electron chi connectivity index (χ2n) is 6.93. The topological polar surface area (TPSA) is 124 Å². The molecule has 10 nitrogen and oxygen atoms in total. The fourth-order valence-electron chi connectivity index (χ4n) is 3.21. The number of methoxy groups -OCH3 is 1. The summed E-state index contributed by atoms with van der Waals surface area (Å²) in [5.41, 5.74) is -0.240. The molecule has 0 radical (unpaired) electrons. The lowest BCUT2D eigenvalue weighted by molar-refractivity contribution is -0.385. The average Bonchev–Trinajstić information content (AvgIpc) is 2.75. The number of hydrogen-bond donors (Lipinski definition) is 1. The van der Waals surface area contributed by atoms with Crippen molar-refractivity contribution < 1.29 is 19.2 Å². The highest BCUT2D eigenvalue weighted by Gasteiger charge is 2.21. The summed E-state index contributed by atoms with van der Waals surface area (Å²) < 4.78 is 5.33. The number of carbonyl (C=O) groups is 2. The van der Waals surface area contributed by atoms with E-state index in [1.54, 1.807) is 6.07 Å². The number of rotatable bonds is 7. The number of nitrogens with zero attached hydrogens (tertiary/aromatic N) is 3. The van der Waals surface area contributed by atoms with Crippen LogP contribution >= 0.6 is 11.8 Å². The maximum Gasteiger partial charge on any atom is 0.343 e. The summed E-state index contributed by atoms with van der Waals surface area (Å²) >= 11 is 1.93. The van der Waals surface area contributed by atoms with Crippen molar-refractivity contribution in [3.8, 4) is 0 Å². The maximum atomic E-state index is 12.5. The Morgan fingerprint density at radius 2 is 2.00 bits per heavy atom. The molecule has 0 bridgehead atoms. The molecular formula is C20H22N4O6S. The van der Waals surface area contributed by atoms with Gasteiger partial charge in [-0.2, -0.15) is 11.8 Å². The normalized spacial score (nSPS) is 14.1. The second kappa shape index (κ2) is 10.2. The quantitative estimate of drug-likeness (QED) is 0.387. The molecule has 1 amide bonds. The van der Waals surface area contributed by atoms with E-state index in [1.807, 2.05) is 30.0 Å². The lowest BCUT2D eigenvalue weighted by Gasteiger charge is -2.26. The van der Waals surface area contributed by atoms with Crippen molar-refractivity contribution in [3.63, 3.8) is 0 Å². The molecule has 1 saturated heterocycles. The Morgan fingerprint density at radius 3 is 2.68 bits per heavy atom. The van der Waals surface area contributed by atoms with Crippen LogP contribution in [-0.2, 0) is 22.6 Å². The smallest absolute Gasteiger partial charge is 0.343 e. The summed E-state index contributed by atoms with van der Waals surface area (Å²) in [5.74, 6) is 0.640. The molecule has 1 fully saturated rings. The highest BCUT2D eigenvalue weighted by Crippen LogP contribution is 2.16. The van der Waals surface area contributed by atoms with Crippen LogP contribution in [0, 0.1) is 10.1 Å². The van der Waals surface area contributed by atoms with E-state index in [4.69, 9.17) is 0 Å². The average molecular weight is 446 g/mol. The van der Waals surface area contributed by atoms with Crippen LogP contribution in [0.25, 0.3) is 0 Å². The molecule has 1 aliphatic rings. The summed E-state index contributed by atoms with van der Waals surface area (Å²) in [7, 11) is 1.06. The molecule has 1 aromatic carbocycles. The van der Waals surface area contributed by atoms with E-state index in [0.717, 1.165) is 60.6 Å². The number of amides is 1. The first-order valence-corrected chi connectivity index (χ1v) is 10.7. The number of carbonyl (C=O) groups excluding carboxylic acids is 2. The molecule has 0 unspecified atom stereocenters. The SMILES string of the molecule is COC(=O)c1cc([N+](=O)[O-])cn(CC(=O)Nc2cccc(CN3CCSCC3)c2)c1=O. The van der Waals surface area contributed by atoms with Crippen molar-refractivity contribution in [2.75, 3.05) is 37.0 Å². The highest BCUT2D eigenvalue weighted by molar-refractivity contribution is 7.99. The van der Waals surface area contributed by atoms with Crippen LogP contribution in [0.15, 0.2) is 41.3 Å². The molecule has 2 aromatic rings. The van der Waals surface area contributed by atoms with Gasteiger partial charge >= 0.3 is 5.97 Å². The van der Waals surface area contributed by atoms with Crippen LogP contribution in [0.1, 0.15) is 15.9 Å². The van der Waals surface area contributed by atoms with Gasteiger partial charge in [0.15, 0.2) is 0 Å². The Balaban J connectivity index is 1.74. The van der Waals surface area contributed by atoms with Gasteiger partial charge in [0.05, 0.1) is 18.2 Å². The Hall–Kier alpha value is -3.18. The Kier molecular flexibility index (Phi) is 7.42. The van der Waals surface area contributed by atoms with Crippen molar-refractivity contribution in [1.29, 1.82) is 0 Å². The number of aromatic nitrogens is 1. The molecule has 0 spiro atoms. The number of ether oxygens (including phenoxy) is 1. The minimum atomic E-state index is -1.01. The van der Waals surface area contributed by atoms with E-state index in [1.165, 1.54) is 0 Å². The lowest BCUT2D eigenvalue weighted by Crippen LogP contribution is -2.32. The van der Waals surface area contributed by atoms with Gasteiger partial charge in [-0.3, -0.25) is 29.2 Å². The summed E-state index contributed by atoms with van der Waals surface area (Å²) in [4.78, 5) is 49.5. The van der Waals surface area contributed by atoms with E-state index >= 15 is 0 Å². The summed E-state index contributed by atoms with van der Waals surface area (Å²) in [6.07, 6.45) is 0.930. The molecule has 1 aliphatic heterocycles. The van der Waals surface area contributed by atoms with Crippen LogP contribution in [-0.4, -0.2) is 58.0 Å². The lowest BCUT2D eigenvalue weighted by atomic mass is 10.2. The van der Waals surface area contributed by atoms with Gasteiger partial charge in [0.2, 0.25) is 5.91 Å². The number of anilines is 1. The number of esters is 1. The van der Waals surface area contributed by atoms with Gasteiger partial charge in [-0.05, 0) is 17.7 Å². The first-order chi connectivity index (χ1) is 14.9. The third kappa shape index (κ3) is 5.92. The molecule has 11 heteroatoms. The van der Waals surface area contributed by atoms with Crippen molar-refractivity contribution >= 4 is 35.0 Å². The number of thioether (sulfide) groups is 1. The minimum absolute atomic E-state index is 0.488. The Bertz CT molecular complexity index is 1050. The predicted molar refractivity (Wildman–Crippen MR) is 116 cm³/mol. The van der Waals surface area contributed by atoms with Crippen LogP contribution in [0.2, 0.25) is 0 Å². The molecule has 1 aromatic heterocycles. The van der Waals surface area contributed by atoms with Crippen LogP contribution in [0.5, 0.6) is 0 Å². The number of nitrogens with one attached hydrogen (secondary N) is 1. The van der Waals surface area contributed by atoms with Crippen LogP contribution < -0.4 is 10.9 Å². The predicted octanol–water partition coefficient (Wildman–Crippen LogP) is 1.73. The van der Waals surface area contributed by atoms with E-state index < -0.39 is 40.2 Å². The van der Waals surface area contributed by atoms with Gasteiger partial charge in [-0.1, -0.05) is 12.1 Å². The zero-order valence-corrected chi connectivity index (χ0v) is 17.7. The molecule has 164 valence electrons. The first kappa shape index (κ1) is 22.5. The van der Waals surface area contributed by atoms with Crippen molar-refractivity contribution in [1.82, 2.24) is 9.47 Å². The summed E-state index contributed by atoms with van der Waals surface area (Å²) in [6, 6.07) is 8.23. The molecule has 2 heterocycles. The van der Waals surface area contributed by atoms with Gasteiger partial charge < -0.3 is 10.1 Å². The van der Waals surface area contributed by atoms with Gasteiger partial charge in [-0.15, -0.1) is 0 Å². The van der Waals surface area contributed by atoms with Gasteiger partial charge in [-0.25, -0.2) is 4.79 Å². The number of hydrogen-bond acceptors (Lipinski definition) is 8. The van der Waals surface area contributed by atoms with E-state index in [2.05, 4.69) is 15.0 Å². The Labute approximate surface area is 182 Å². The molecule has 3 rings (SSSR count).